The number of likely N-dealkylation sites (N-methyl/N-ethyl adjacent to an activating group) is 2. The van der Waals surface area contributed by atoms with Crippen molar-refractivity contribution in [1.29, 1.82) is 0 Å². The third-order valence-electron chi connectivity index (χ3n) is 5.11. The number of carbonyl (C=O) groups excluding carboxylic acids is 3. The first-order chi connectivity index (χ1) is 14.3. The van der Waals surface area contributed by atoms with Crippen LogP contribution in [-0.4, -0.2) is 70.2 Å². The topological polar surface area (TPSA) is 81.8 Å². The van der Waals surface area contributed by atoms with E-state index in [1.807, 2.05) is 20.0 Å². The molecule has 2 aromatic rings. The molecule has 7 nitrogen and oxygen atoms in total. The van der Waals surface area contributed by atoms with E-state index in [9.17, 15) is 14.4 Å². The Morgan fingerprint density at radius 1 is 1.30 bits per heavy atom. The molecule has 2 N–H and O–H groups in total. The predicted octanol–water partition coefficient (Wildman–Crippen LogP) is 0.677. The Morgan fingerprint density at radius 2 is 2.07 bits per heavy atom. The lowest BCUT2D eigenvalue weighted by atomic mass is 10.1. The third-order valence-corrected chi connectivity index (χ3v) is 6.02. The molecule has 1 fully saturated rings. The number of aryl methyl sites for hydroxylation is 1. The summed E-state index contributed by atoms with van der Waals surface area (Å²) >= 11 is 1.22. The smallest absolute Gasteiger partial charge is 0.261 e. The number of rotatable bonds is 7. The van der Waals surface area contributed by atoms with E-state index in [0.717, 1.165) is 11.3 Å². The largest absolute Gasteiger partial charge is 0.346 e. The molecule has 0 saturated carbocycles. The molecule has 3 amide bonds. The maximum Gasteiger partial charge on any atom is 0.261 e. The van der Waals surface area contributed by atoms with E-state index < -0.39 is 0 Å². The predicted molar refractivity (Wildman–Crippen MR) is 120 cm³/mol. The minimum Gasteiger partial charge on any atom is -0.346 e. The highest BCUT2D eigenvalue weighted by Crippen LogP contribution is 2.25. The van der Waals surface area contributed by atoms with Gasteiger partial charge in [0.05, 0.1) is 10.9 Å². The standard InChI is InChI=1S/C21H25BN4O3S/c1-13-10-15(4-5-16(13)21(29)25(3)9-8-23-2)26-12-14(11-19(26)27)24-20(28)17-6-7-18(22)30-17/h4-7,10,14,23H,8-9,11-12H2,1-3H3,(H,24,28). The Kier molecular flexibility index (Phi) is 6.94. The van der Waals surface area contributed by atoms with Gasteiger partial charge < -0.3 is 20.4 Å². The van der Waals surface area contributed by atoms with Gasteiger partial charge in [-0.1, -0.05) is 6.07 Å². The monoisotopic (exact) mass is 424 g/mol. The second kappa shape index (κ2) is 9.44. The highest BCUT2D eigenvalue weighted by molar-refractivity contribution is 7.21. The van der Waals surface area contributed by atoms with Gasteiger partial charge in [-0.3, -0.25) is 14.4 Å². The second-order valence-corrected chi connectivity index (χ2v) is 8.53. The van der Waals surface area contributed by atoms with E-state index in [1.54, 1.807) is 41.1 Å². The van der Waals surface area contributed by atoms with E-state index in [4.69, 9.17) is 7.85 Å². The Labute approximate surface area is 181 Å². The van der Waals surface area contributed by atoms with Gasteiger partial charge in [0, 0.05) is 44.4 Å². The van der Waals surface area contributed by atoms with Crippen molar-refractivity contribution in [3.8, 4) is 0 Å². The Balaban J connectivity index is 1.67. The number of nitrogens with one attached hydrogen (secondary N) is 2. The van der Waals surface area contributed by atoms with Crippen LogP contribution in [0.25, 0.3) is 0 Å². The van der Waals surface area contributed by atoms with Gasteiger partial charge in [-0.05, 0) is 48.6 Å². The van der Waals surface area contributed by atoms with E-state index in [2.05, 4.69) is 10.6 Å². The molecule has 3 rings (SSSR count). The third kappa shape index (κ3) is 4.91. The van der Waals surface area contributed by atoms with Gasteiger partial charge in [-0.2, -0.15) is 0 Å². The van der Waals surface area contributed by atoms with Gasteiger partial charge in [0.25, 0.3) is 11.8 Å². The molecule has 0 bridgehead atoms. The molecule has 0 aliphatic carbocycles. The first-order valence-electron chi connectivity index (χ1n) is 9.77. The molecule has 1 aliphatic rings. The van der Waals surface area contributed by atoms with Crippen LogP contribution in [0.1, 0.15) is 32.0 Å². The Bertz CT molecular complexity index is 961. The summed E-state index contributed by atoms with van der Waals surface area (Å²) in [5, 5.41) is 5.93. The van der Waals surface area contributed by atoms with Crippen LogP contribution in [0.15, 0.2) is 30.3 Å². The average molecular weight is 424 g/mol. The van der Waals surface area contributed by atoms with Crippen molar-refractivity contribution in [2.75, 3.05) is 38.6 Å². The summed E-state index contributed by atoms with van der Waals surface area (Å²) in [6.07, 6.45) is 0.235. The van der Waals surface area contributed by atoms with Crippen LogP contribution in [0.5, 0.6) is 0 Å². The number of thiophene rings is 1. The van der Waals surface area contributed by atoms with Gasteiger partial charge in [0.1, 0.15) is 7.85 Å². The molecule has 1 saturated heterocycles. The van der Waals surface area contributed by atoms with Gasteiger partial charge in [0.2, 0.25) is 5.91 Å². The summed E-state index contributed by atoms with van der Waals surface area (Å²) in [6, 6.07) is 8.48. The number of nitrogens with zero attached hydrogens (tertiary/aromatic N) is 2. The first kappa shape index (κ1) is 22.0. The maximum atomic E-state index is 12.6. The lowest BCUT2D eigenvalue weighted by Crippen LogP contribution is -2.37. The quantitative estimate of drug-likeness (QED) is 0.641. The van der Waals surface area contributed by atoms with Gasteiger partial charge >= 0.3 is 0 Å². The summed E-state index contributed by atoms with van der Waals surface area (Å²) in [5.41, 5.74) is 2.15. The highest BCUT2D eigenvalue weighted by atomic mass is 32.1. The van der Waals surface area contributed by atoms with Crippen molar-refractivity contribution in [2.24, 2.45) is 0 Å². The number of benzene rings is 1. The first-order valence-corrected chi connectivity index (χ1v) is 10.6. The summed E-state index contributed by atoms with van der Waals surface area (Å²) in [4.78, 5) is 41.4. The molecule has 0 spiro atoms. The number of hydrogen-bond donors (Lipinski definition) is 2. The van der Waals surface area contributed by atoms with Gasteiger partial charge in [-0.25, -0.2) is 0 Å². The van der Waals surface area contributed by atoms with Crippen molar-refractivity contribution in [3.05, 3.63) is 46.3 Å². The fourth-order valence-corrected chi connectivity index (χ4v) is 4.11. The molecule has 1 aromatic carbocycles. The van der Waals surface area contributed by atoms with Crippen LogP contribution < -0.4 is 20.3 Å². The van der Waals surface area contributed by atoms with Gasteiger partial charge in [0.15, 0.2) is 0 Å². The summed E-state index contributed by atoms with van der Waals surface area (Å²) < 4.78 is 0.575. The van der Waals surface area contributed by atoms with Crippen molar-refractivity contribution in [2.45, 2.75) is 19.4 Å². The fraction of sp³-hybridized carbons (Fsp3) is 0.381. The van der Waals surface area contributed by atoms with Crippen LogP contribution in [0, 0.1) is 6.92 Å². The normalized spacial score (nSPS) is 16.0. The zero-order valence-electron chi connectivity index (χ0n) is 17.4. The molecule has 2 heterocycles. The molecular formula is C21H25BN4O3S. The lowest BCUT2D eigenvalue weighted by Gasteiger charge is -2.21. The highest BCUT2D eigenvalue weighted by Gasteiger charge is 2.32. The van der Waals surface area contributed by atoms with E-state index in [0.29, 0.717) is 34.9 Å². The molecule has 156 valence electrons. The van der Waals surface area contributed by atoms with Crippen molar-refractivity contribution in [3.63, 3.8) is 0 Å². The van der Waals surface area contributed by atoms with Crippen LogP contribution in [0.4, 0.5) is 5.69 Å². The van der Waals surface area contributed by atoms with Crippen LogP contribution in [-0.2, 0) is 4.79 Å². The zero-order valence-corrected chi connectivity index (χ0v) is 18.2. The molecule has 1 aromatic heterocycles. The SMILES string of the molecule is [B]c1ccc(C(=O)NC2CC(=O)N(c3ccc(C(=O)N(C)CCNC)c(C)c3)C2)s1. The van der Waals surface area contributed by atoms with E-state index in [-0.39, 0.29) is 30.2 Å². The minimum absolute atomic E-state index is 0.0533. The van der Waals surface area contributed by atoms with E-state index in [1.165, 1.54) is 11.3 Å². The number of amides is 3. The van der Waals surface area contributed by atoms with Crippen LogP contribution in [0.3, 0.4) is 0 Å². The van der Waals surface area contributed by atoms with E-state index >= 15 is 0 Å². The molecule has 30 heavy (non-hydrogen) atoms. The number of hydrogen-bond acceptors (Lipinski definition) is 5. The van der Waals surface area contributed by atoms with Crippen LogP contribution >= 0.6 is 11.3 Å². The second-order valence-electron chi connectivity index (χ2n) is 7.41. The molecule has 1 unspecified atom stereocenters. The molecule has 1 atom stereocenters. The molecule has 9 heteroatoms. The molecule has 2 radical (unpaired) electrons. The molecular weight excluding hydrogens is 399 g/mol. The summed E-state index contributed by atoms with van der Waals surface area (Å²) in [5.74, 6) is -0.337. The Hall–Kier alpha value is -2.65. The minimum atomic E-state index is -0.275. The molecule has 1 aliphatic heterocycles. The fourth-order valence-electron chi connectivity index (χ4n) is 3.43. The van der Waals surface area contributed by atoms with Crippen LogP contribution in [0.2, 0.25) is 0 Å². The zero-order chi connectivity index (χ0) is 21.8. The lowest BCUT2D eigenvalue weighted by molar-refractivity contribution is -0.117. The average Bonchev–Trinajstić information content (AvgIpc) is 3.30. The Morgan fingerprint density at radius 3 is 2.70 bits per heavy atom. The maximum absolute atomic E-state index is 12.6. The van der Waals surface area contributed by atoms with Gasteiger partial charge in [-0.15, -0.1) is 11.3 Å². The summed E-state index contributed by atoms with van der Waals surface area (Å²) in [7, 11) is 9.29. The number of anilines is 1. The summed E-state index contributed by atoms with van der Waals surface area (Å²) in [6.45, 7) is 3.58. The van der Waals surface area contributed by atoms with Crippen molar-refractivity contribution in [1.82, 2.24) is 15.5 Å². The van der Waals surface area contributed by atoms with Crippen molar-refractivity contribution < 1.29 is 14.4 Å². The number of carbonyl (C=O) groups is 3. The van der Waals surface area contributed by atoms with Crippen molar-refractivity contribution >= 4 is 47.4 Å².